The first-order chi connectivity index (χ1) is 11.9. The molecule has 0 aromatic heterocycles. The van der Waals surface area contributed by atoms with Gasteiger partial charge in [0.15, 0.2) is 0 Å². The first kappa shape index (κ1) is 22.3. The summed E-state index contributed by atoms with van der Waals surface area (Å²) in [5.74, 6) is 1.21. The van der Waals surface area contributed by atoms with Crippen molar-refractivity contribution in [3.8, 4) is 5.75 Å². The summed E-state index contributed by atoms with van der Waals surface area (Å²) in [6.45, 7) is 4.87. The van der Waals surface area contributed by atoms with Crippen LogP contribution in [0.1, 0.15) is 44.7 Å². The maximum absolute atomic E-state index is 12.9. The number of carbonyl (C=O) groups excluding carboxylic acids is 2. The lowest BCUT2D eigenvalue weighted by Gasteiger charge is -2.38. The Kier molecular flexibility index (Phi) is 8.88. The smallest absolute Gasteiger partial charge is 0.225 e. The van der Waals surface area contributed by atoms with Crippen LogP contribution in [0.25, 0.3) is 0 Å². The largest absolute Gasteiger partial charge is 0.497 e. The summed E-state index contributed by atoms with van der Waals surface area (Å²) in [7, 11) is 1.61. The van der Waals surface area contributed by atoms with Crippen LogP contribution in [0.3, 0.4) is 0 Å². The zero-order chi connectivity index (χ0) is 18.4. The van der Waals surface area contributed by atoms with Gasteiger partial charge in [0.05, 0.1) is 19.6 Å². The third-order valence-electron chi connectivity index (χ3n) is 4.84. The molecule has 146 valence electrons. The van der Waals surface area contributed by atoms with Crippen LogP contribution in [-0.2, 0) is 9.59 Å². The number of halogens is 1. The molecular weight excluding hydrogens is 354 g/mol. The molecule has 0 saturated carbocycles. The molecule has 1 heterocycles. The molecule has 1 aromatic rings. The van der Waals surface area contributed by atoms with Crippen LogP contribution in [-0.4, -0.2) is 43.0 Å². The van der Waals surface area contributed by atoms with Crippen molar-refractivity contribution in [1.82, 2.24) is 10.2 Å². The van der Waals surface area contributed by atoms with Gasteiger partial charge in [-0.05, 0) is 36.5 Å². The second-order valence-electron chi connectivity index (χ2n) is 6.84. The van der Waals surface area contributed by atoms with Crippen molar-refractivity contribution in [2.45, 2.75) is 45.2 Å². The van der Waals surface area contributed by atoms with Gasteiger partial charge in [-0.25, -0.2) is 0 Å². The molecule has 1 aliphatic rings. The molecule has 1 aromatic carbocycles. The van der Waals surface area contributed by atoms with Crippen molar-refractivity contribution in [1.29, 1.82) is 0 Å². The normalized spacial score (nSPS) is 20.7. The molecule has 2 amide bonds. The number of nitrogens with two attached hydrogens (primary N) is 1. The number of ether oxygens (including phenoxy) is 1. The Hall–Kier alpha value is -1.79. The zero-order valence-electron chi connectivity index (χ0n) is 15.7. The van der Waals surface area contributed by atoms with Gasteiger partial charge in [0.2, 0.25) is 11.8 Å². The summed E-state index contributed by atoms with van der Waals surface area (Å²) >= 11 is 0. The monoisotopic (exact) mass is 383 g/mol. The maximum Gasteiger partial charge on any atom is 0.225 e. The van der Waals surface area contributed by atoms with Crippen molar-refractivity contribution in [3.63, 3.8) is 0 Å². The molecule has 3 atom stereocenters. The highest BCUT2D eigenvalue weighted by Gasteiger charge is 2.30. The minimum absolute atomic E-state index is 0. The van der Waals surface area contributed by atoms with Crippen molar-refractivity contribution in [2.24, 2.45) is 11.7 Å². The molecular formula is C19H30ClN3O3. The lowest BCUT2D eigenvalue weighted by Crippen LogP contribution is -2.50. The lowest BCUT2D eigenvalue weighted by atomic mass is 9.91. The van der Waals surface area contributed by atoms with E-state index in [1.807, 2.05) is 29.2 Å². The van der Waals surface area contributed by atoms with E-state index in [9.17, 15) is 9.59 Å². The third-order valence-corrected chi connectivity index (χ3v) is 4.84. The number of rotatable bonds is 6. The third kappa shape index (κ3) is 5.88. The van der Waals surface area contributed by atoms with Gasteiger partial charge in [0.25, 0.3) is 0 Å². The SMILES string of the molecule is COc1ccc(C(CC(=O)N2CCC(C)CC2CN)NC(C)=O)cc1.Cl. The molecule has 0 spiro atoms. The second-order valence-corrected chi connectivity index (χ2v) is 6.84. The number of likely N-dealkylation sites (tertiary alicyclic amines) is 1. The molecule has 3 N–H and O–H groups in total. The van der Waals surface area contributed by atoms with Gasteiger partial charge in [-0.15, -0.1) is 12.4 Å². The number of nitrogens with one attached hydrogen (secondary N) is 1. The molecule has 26 heavy (non-hydrogen) atoms. The summed E-state index contributed by atoms with van der Waals surface area (Å²) in [6.07, 6.45) is 2.17. The molecule has 0 bridgehead atoms. The number of piperidine rings is 1. The van der Waals surface area contributed by atoms with Gasteiger partial charge < -0.3 is 20.7 Å². The van der Waals surface area contributed by atoms with Crippen LogP contribution in [0.2, 0.25) is 0 Å². The van der Waals surface area contributed by atoms with Gasteiger partial charge >= 0.3 is 0 Å². The quantitative estimate of drug-likeness (QED) is 0.789. The number of hydrogen-bond acceptors (Lipinski definition) is 4. The zero-order valence-corrected chi connectivity index (χ0v) is 16.6. The Labute approximate surface area is 161 Å². The Balaban J connectivity index is 0.00000338. The highest BCUT2D eigenvalue weighted by Crippen LogP contribution is 2.26. The van der Waals surface area contributed by atoms with E-state index in [2.05, 4.69) is 12.2 Å². The van der Waals surface area contributed by atoms with E-state index < -0.39 is 0 Å². The number of nitrogens with zero attached hydrogens (tertiary/aromatic N) is 1. The molecule has 6 nitrogen and oxygen atoms in total. The average molecular weight is 384 g/mol. The van der Waals surface area contributed by atoms with E-state index >= 15 is 0 Å². The fraction of sp³-hybridized carbons (Fsp3) is 0.579. The molecule has 1 fully saturated rings. The summed E-state index contributed by atoms with van der Waals surface area (Å²) in [5, 5.41) is 2.89. The summed E-state index contributed by atoms with van der Waals surface area (Å²) < 4.78 is 5.17. The second kappa shape index (κ2) is 10.4. The Morgan fingerprint density at radius 1 is 1.35 bits per heavy atom. The number of hydrogen-bond donors (Lipinski definition) is 2. The van der Waals surface area contributed by atoms with Crippen molar-refractivity contribution in [3.05, 3.63) is 29.8 Å². The molecule has 0 radical (unpaired) electrons. The van der Waals surface area contributed by atoms with Gasteiger partial charge in [0, 0.05) is 26.1 Å². The predicted octanol–water partition coefficient (Wildman–Crippen LogP) is 2.27. The molecule has 2 rings (SSSR count). The Bertz CT molecular complexity index is 594. The van der Waals surface area contributed by atoms with Crippen LogP contribution in [0.4, 0.5) is 0 Å². The van der Waals surface area contributed by atoms with E-state index in [-0.39, 0.29) is 42.7 Å². The van der Waals surface area contributed by atoms with Gasteiger partial charge in [0.1, 0.15) is 5.75 Å². The van der Waals surface area contributed by atoms with Crippen molar-refractivity contribution in [2.75, 3.05) is 20.2 Å². The van der Waals surface area contributed by atoms with Crippen LogP contribution >= 0.6 is 12.4 Å². The Morgan fingerprint density at radius 2 is 2.00 bits per heavy atom. The van der Waals surface area contributed by atoms with Crippen molar-refractivity contribution >= 4 is 24.2 Å². The molecule has 3 unspecified atom stereocenters. The van der Waals surface area contributed by atoms with Crippen LogP contribution in [0, 0.1) is 5.92 Å². The van der Waals surface area contributed by atoms with Crippen LogP contribution in [0.5, 0.6) is 5.75 Å². The molecule has 7 heteroatoms. The van der Waals surface area contributed by atoms with E-state index in [0.29, 0.717) is 12.5 Å². The fourth-order valence-electron chi connectivity index (χ4n) is 3.43. The van der Waals surface area contributed by atoms with Crippen LogP contribution in [0.15, 0.2) is 24.3 Å². The van der Waals surface area contributed by atoms with E-state index in [1.54, 1.807) is 7.11 Å². The fourth-order valence-corrected chi connectivity index (χ4v) is 3.43. The number of methoxy groups -OCH3 is 1. The summed E-state index contributed by atoms with van der Waals surface area (Å²) in [6, 6.07) is 7.16. The van der Waals surface area contributed by atoms with Gasteiger partial charge in [-0.3, -0.25) is 9.59 Å². The Morgan fingerprint density at radius 3 is 2.54 bits per heavy atom. The molecule has 0 aliphatic carbocycles. The van der Waals surface area contributed by atoms with E-state index in [1.165, 1.54) is 6.92 Å². The first-order valence-corrected chi connectivity index (χ1v) is 8.85. The minimum Gasteiger partial charge on any atom is -0.497 e. The maximum atomic E-state index is 12.9. The minimum atomic E-state index is -0.353. The summed E-state index contributed by atoms with van der Waals surface area (Å²) in [5.41, 5.74) is 6.76. The van der Waals surface area contributed by atoms with Crippen molar-refractivity contribution < 1.29 is 14.3 Å². The summed E-state index contributed by atoms with van der Waals surface area (Å²) in [4.78, 5) is 26.3. The van der Waals surface area contributed by atoms with E-state index in [0.717, 1.165) is 30.7 Å². The first-order valence-electron chi connectivity index (χ1n) is 8.85. The molecule has 1 aliphatic heterocycles. The topological polar surface area (TPSA) is 84.7 Å². The predicted molar refractivity (Wildman–Crippen MR) is 104 cm³/mol. The van der Waals surface area contributed by atoms with Gasteiger partial charge in [-0.2, -0.15) is 0 Å². The lowest BCUT2D eigenvalue weighted by molar-refractivity contribution is -0.136. The van der Waals surface area contributed by atoms with Crippen LogP contribution < -0.4 is 15.8 Å². The highest BCUT2D eigenvalue weighted by atomic mass is 35.5. The highest BCUT2D eigenvalue weighted by molar-refractivity contribution is 5.85. The van der Waals surface area contributed by atoms with Gasteiger partial charge in [-0.1, -0.05) is 19.1 Å². The molecule has 1 saturated heterocycles. The average Bonchev–Trinajstić information content (AvgIpc) is 2.60. The van der Waals surface area contributed by atoms with E-state index in [4.69, 9.17) is 10.5 Å². The standard InChI is InChI=1S/C19H29N3O3.ClH/c1-13-8-9-22(16(10-13)12-20)19(24)11-18(21-14(2)23)15-4-6-17(25-3)7-5-15;/h4-7,13,16,18H,8-12,20H2,1-3H3,(H,21,23);1H. The number of carbonyl (C=O) groups is 2. The number of benzene rings is 1. The number of amides is 2.